The van der Waals surface area contributed by atoms with Crippen molar-refractivity contribution in [2.75, 3.05) is 6.61 Å². The predicted molar refractivity (Wildman–Crippen MR) is 93.9 cm³/mol. The van der Waals surface area contributed by atoms with Crippen LogP contribution in [0.25, 0.3) is 10.4 Å². The van der Waals surface area contributed by atoms with Crippen molar-refractivity contribution in [1.82, 2.24) is 0 Å². The molecular weight excluding hydrogens is 326 g/mol. The van der Waals surface area contributed by atoms with Gasteiger partial charge in [-0.2, -0.15) is 0 Å². The van der Waals surface area contributed by atoms with E-state index in [1.54, 1.807) is 0 Å². The highest BCUT2D eigenvalue weighted by Gasteiger charge is 2.55. The maximum absolute atomic E-state index is 8.96. The summed E-state index contributed by atoms with van der Waals surface area (Å²) in [6.07, 6.45) is -1.13. The van der Waals surface area contributed by atoms with Crippen LogP contribution in [0.1, 0.15) is 34.6 Å². The molecule has 0 saturated carbocycles. The lowest BCUT2D eigenvalue weighted by molar-refractivity contribution is -0.168. The Labute approximate surface area is 145 Å². The van der Waals surface area contributed by atoms with Crippen LogP contribution in [0.5, 0.6) is 0 Å². The minimum Gasteiger partial charge on any atom is -0.489 e. The number of hydrogen-bond donors (Lipinski definition) is 0. The lowest BCUT2D eigenvalue weighted by Crippen LogP contribution is -2.46. The Balaban J connectivity index is 2.14. The van der Waals surface area contributed by atoms with Gasteiger partial charge in [0.15, 0.2) is 14.1 Å². The Kier molecular flexibility index (Phi) is 5.10. The van der Waals surface area contributed by atoms with Crippen LogP contribution < -0.4 is 0 Å². The molecule has 0 N–H and O–H groups in total. The van der Waals surface area contributed by atoms with Gasteiger partial charge >= 0.3 is 0 Å². The van der Waals surface area contributed by atoms with Crippen molar-refractivity contribution in [3.63, 3.8) is 0 Å². The topological polar surface area (TPSA) is 85.7 Å². The van der Waals surface area contributed by atoms with Crippen molar-refractivity contribution in [2.24, 2.45) is 5.11 Å². The maximum atomic E-state index is 8.96. The Morgan fingerprint density at radius 1 is 1.38 bits per heavy atom. The van der Waals surface area contributed by atoms with E-state index in [2.05, 4.69) is 50.5 Å². The van der Waals surface area contributed by atoms with Gasteiger partial charge in [-0.25, -0.2) is 0 Å². The first-order chi connectivity index (χ1) is 10.9. The molecule has 4 atom stereocenters. The molecule has 24 heavy (non-hydrogen) atoms. The first-order valence-electron chi connectivity index (χ1n) is 8.27. The minimum absolute atomic E-state index is 0.0749. The van der Waals surface area contributed by atoms with E-state index in [4.69, 9.17) is 24.2 Å². The van der Waals surface area contributed by atoms with Gasteiger partial charge in [0, 0.05) is 11.5 Å². The number of hydrogen-bond acceptors (Lipinski definition) is 5. The van der Waals surface area contributed by atoms with E-state index in [1.165, 1.54) is 0 Å². The summed E-state index contributed by atoms with van der Waals surface area (Å²) < 4.78 is 23.8. The summed E-state index contributed by atoms with van der Waals surface area (Å²) in [7, 11) is -1.96. The monoisotopic (exact) mass is 355 g/mol. The van der Waals surface area contributed by atoms with E-state index in [0.717, 1.165) is 0 Å². The molecule has 0 spiro atoms. The molecule has 2 rings (SSSR count). The van der Waals surface area contributed by atoms with Crippen molar-refractivity contribution in [1.29, 1.82) is 0 Å². The highest BCUT2D eigenvalue weighted by molar-refractivity contribution is 6.74. The second-order valence-corrected chi connectivity index (χ2v) is 13.2. The summed E-state index contributed by atoms with van der Waals surface area (Å²) >= 11 is 0. The van der Waals surface area contributed by atoms with E-state index in [1.807, 2.05) is 13.8 Å². The van der Waals surface area contributed by atoms with Gasteiger partial charge in [0.2, 0.25) is 0 Å². The quantitative estimate of drug-likeness (QED) is 0.321. The lowest BCUT2D eigenvalue weighted by Gasteiger charge is -2.37. The number of rotatable bonds is 5. The molecule has 0 bridgehead atoms. The van der Waals surface area contributed by atoms with E-state index < -0.39 is 26.3 Å². The standard InChI is InChI=1S/C16H29N3O4Si/c1-10-12-14(23-16(5,6)22-12)13(21-10)11(18-19-17)9-20-24(7,8)15(2,3)4/h11-14H,1,9H2,2-8H3/t11-,12-,13-,14-/m1/s1. The van der Waals surface area contributed by atoms with Gasteiger partial charge in [-0.15, -0.1) is 0 Å². The summed E-state index contributed by atoms with van der Waals surface area (Å²) in [5.41, 5.74) is 8.96. The van der Waals surface area contributed by atoms with E-state index in [0.29, 0.717) is 12.4 Å². The molecule has 0 unspecified atom stereocenters. The molecular formula is C16H29N3O4Si. The van der Waals surface area contributed by atoms with Crippen LogP contribution in [0, 0.1) is 0 Å². The van der Waals surface area contributed by atoms with Gasteiger partial charge in [0.25, 0.3) is 0 Å². The van der Waals surface area contributed by atoms with Gasteiger partial charge in [-0.05, 0) is 37.5 Å². The van der Waals surface area contributed by atoms with Gasteiger partial charge in [0.1, 0.15) is 24.1 Å². The fourth-order valence-electron chi connectivity index (χ4n) is 2.66. The predicted octanol–water partition coefficient (Wildman–Crippen LogP) is 4.12. The third-order valence-corrected chi connectivity index (χ3v) is 9.56. The van der Waals surface area contributed by atoms with E-state index in [9.17, 15) is 0 Å². The Hall–Kier alpha value is -1.05. The van der Waals surface area contributed by atoms with Crippen LogP contribution in [-0.4, -0.2) is 45.1 Å². The molecule has 0 amide bonds. The van der Waals surface area contributed by atoms with Crippen LogP contribution in [0.3, 0.4) is 0 Å². The number of ether oxygens (including phenoxy) is 3. The van der Waals surface area contributed by atoms with Crippen molar-refractivity contribution in [3.8, 4) is 0 Å². The molecule has 136 valence electrons. The highest BCUT2D eigenvalue weighted by Crippen LogP contribution is 2.42. The Morgan fingerprint density at radius 2 is 2.00 bits per heavy atom. The van der Waals surface area contributed by atoms with Gasteiger partial charge in [0.05, 0.1) is 6.04 Å². The third kappa shape index (κ3) is 3.78. The molecule has 2 fully saturated rings. The summed E-state index contributed by atoms with van der Waals surface area (Å²) in [5.74, 6) is -0.192. The summed E-state index contributed by atoms with van der Waals surface area (Å²) in [6.45, 7) is 18.7. The average molecular weight is 356 g/mol. The van der Waals surface area contributed by atoms with Crippen LogP contribution in [-0.2, 0) is 18.6 Å². The van der Waals surface area contributed by atoms with Crippen molar-refractivity contribution < 1.29 is 18.6 Å². The highest BCUT2D eigenvalue weighted by atomic mass is 28.4. The Bertz CT molecular complexity index is 552. The SMILES string of the molecule is C=C1O[C@H]([C@@H](CO[Si](C)(C)C(C)(C)C)N=[N+]=[N-])[C@@H]2OC(C)(C)O[C@H]12. The zero-order valence-corrected chi connectivity index (χ0v) is 16.7. The smallest absolute Gasteiger partial charge is 0.191 e. The third-order valence-electron chi connectivity index (χ3n) is 5.06. The van der Waals surface area contributed by atoms with Crippen LogP contribution in [0.4, 0.5) is 0 Å². The van der Waals surface area contributed by atoms with Crippen LogP contribution in [0.15, 0.2) is 17.5 Å². The van der Waals surface area contributed by atoms with E-state index >= 15 is 0 Å². The van der Waals surface area contributed by atoms with Crippen molar-refractivity contribution >= 4 is 8.32 Å². The molecule has 0 radical (unpaired) electrons. The summed E-state index contributed by atoms with van der Waals surface area (Å²) in [6, 6.07) is -0.492. The van der Waals surface area contributed by atoms with Gasteiger partial charge in [-0.3, -0.25) is 0 Å². The molecule has 2 aliphatic rings. The second kappa shape index (κ2) is 6.35. The molecule has 2 saturated heterocycles. The van der Waals surface area contributed by atoms with Gasteiger partial charge in [-0.1, -0.05) is 32.5 Å². The first kappa shape index (κ1) is 19.3. The molecule has 0 aromatic carbocycles. The molecule has 0 aliphatic carbocycles. The summed E-state index contributed by atoms with van der Waals surface area (Å²) in [5, 5.41) is 3.98. The number of fused-ring (bicyclic) bond motifs is 1. The zero-order valence-electron chi connectivity index (χ0n) is 15.7. The normalized spacial score (nSPS) is 30.5. The number of nitrogens with zero attached hydrogens (tertiary/aromatic N) is 3. The molecule has 7 nitrogen and oxygen atoms in total. The van der Waals surface area contributed by atoms with Crippen LogP contribution in [0.2, 0.25) is 18.1 Å². The van der Waals surface area contributed by atoms with Crippen LogP contribution >= 0.6 is 0 Å². The molecule has 2 heterocycles. The lowest BCUT2D eigenvalue weighted by atomic mass is 10.0. The zero-order chi connectivity index (χ0) is 18.3. The summed E-state index contributed by atoms with van der Waals surface area (Å²) in [4.78, 5) is 2.97. The fraction of sp³-hybridized carbons (Fsp3) is 0.875. The average Bonchev–Trinajstić information content (AvgIpc) is 2.88. The van der Waals surface area contributed by atoms with Crippen molar-refractivity contribution in [2.45, 2.75) is 82.9 Å². The van der Waals surface area contributed by atoms with Gasteiger partial charge < -0.3 is 18.6 Å². The largest absolute Gasteiger partial charge is 0.489 e. The molecule has 8 heteroatoms. The van der Waals surface area contributed by atoms with E-state index in [-0.39, 0.29) is 17.2 Å². The molecule has 2 aliphatic heterocycles. The number of azide groups is 1. The molecule has 0 aromatic rings. The second-order valence-electron chi connectivity index (χ2n) is 8.41. The Morgan fingerprint density at radius 3 is 2.54 bits per heavy atom. The van der Waals surface area contributed by atoms with Crippen molar-refractivity contribution in [3.05, 3.63) is 22.8 Å². The molecule has 0 aromatic heterocycles. The first-order valence-corrected chi connectivity index (χ1v) is 11.2. The minimum atomic E-state index is -1.96. The maximum Gasteiger partial charge on any atom is 0.191 e. The fourth-order valence-corrected chi connectivity index (χ4v) is 3.68.